The summed E-state index contributed by atoms with van der Waals surface area (Å²) in [4.78, 5) is 73.1. The molecule has 0 aromatic heterocycles. The lowest BCUT2D eigenvalue weighted by Gasteiger charge is -2.21. The highest BCUT2D eigenvalue weighted by Gasteiger charge is 2.30. The van der Waals surface area contributed by atoms with Crippen molar-refractivity contribution in [2.45, 2.75) is 452 Å². The standard InChI is InChI=1S/C83H162O17P2/c1-8-11-12-13-14-15-26-36-43-50-57-64-80(85)93-70-79(100-83(88)67-60-53-46-39-32-31-35-42-49-56-63-76(7)10-3)73-98-102(91,92)96-69-77(84)68-95-101(89,90)97-72-78(71-94-81(86)65-58-51-44-37-29-25-24-27-33-40-47-54-61-74(4)5)99-82(87)66-59-52-45-38-30-23-21-19-17-16-18-20-22-28-34-41-48-55-62-75(6)9-2/h74-79,84H,8-73H2,1-7H3,(H,89,90)(H,91,92)/t75?,76?,77-,78-,79-/m1/s1. The van der Waals surface area contributed by atoms with E-state index in [-0.39, 0.29) is 25.7 Å². The van der Waals surface area contributed by atoms with Crippen molar-refractivity contribution in [1.82, 2.24) is 0 Å². The fourth-order valence-corrected chi connectivity index (χ4v) is 14.4. The van der Waals surface area contributed by atoms with Gasteiger partial charge in [0.15, 0.2) is 12.2 Å². The number of aliphatic hydroxyl groups is 1. The molecule has 0 spiro atoms. The number of hydrogen-bond donors (Lipinski definition) is 3. The van der Waals surface area contributed by atoms with Gasteiger partial charge in [0.25, 0.3) is 0 Å². The Bertz CT molecular complexity index is 1980. The fourth-order valence-electron chi connectivity index (χ4n) is 12.8. The van der Waals surface area contributed by atoms with Crippen LogP contribution in [0, 0.1) is 17.8 Å². The molecular formula is C83H162O17P2. The highest BCUT2D eigenvalue weighted by Crippen LogP contribution is 2.45. The minimum absolute atomic E-state index is 0.106. The summed E-state index contributed by atoms with van der Waals surface area (Å²) in [5.41, 5.74) is 0. The van der Waals surface area contributed by atoms with Crippen molar-refractivity contribution < 1.29 is 80.2 Å². The highest BCUT2D eigenvalue weighted by molar-refractivity contribution is 7.47. The van der Waals surface area contributed by atoms with Crippen LogP contribution in [0.1, 0.15) is 434 Å². The molecule has 0 saturated heterocycles. The molecule has 0 aromatic carbocycles. The van der Waals surface area contributed by atoms with Gasteiger partial charge in [-0.15, -0.1) is 0 Å². The quantitative estimate of drug-likeness (QED) is 0.0222. The molecule has 4 unspecified atom stereocenters. The van der Waals surface area contributed by atoms with E-state index >= 15 is 0 Å². The number of carbonyl (C=O) groups is 4. The van der Waals surface area contributed by atoms with Crippen molar-refractivity contribution in [2.75, 3.05) is 39.6 Å². The third kappa shape index (κ3) is 73.6. The molecule has 0 rings (SSSR count). The number of hydrogen-bond acceptors (Lipinski definition) is 15. The summed E-state index contributed by atoms with van der Waals surface area (Å²) >= 11 is 0. The summed E-state index contributed by atoms with van der Waals surface area (Å²) in [7, 11) is -9.92. The molecule has 0 radical (unpaired) electrons. The van der Waals surface area contributed by atoms with Crippen LogP contribution in [0.4, 0.5) is 0 Å². The van der Waals surface area contributed by atoms with Gasteiger partial charge in [-0.05, 0) is 43.4 Å². The van der Waals surface area contributed by atoms with Gasteiger partial charge in [0.05, 0.1) is 26.4 Å². The van der Waals surface area contributed by atoms with Crippen LogP contribution in [0.15, 0.2) is 0 Å². The predicted molar refractivity (Wildman–Crippen MR) is 418 cm³/mol. The van der Waals surface area contributed by atoms with Crippen LogP contribution < -0.4 is 0 Å². The average Bonchev–Trinajstić information content (AvgIpc) is 0.921. The molecule has 0 aliphatic carbocycles. The van der Waals surface area contributed by atoms with Gasteiger partial charge >= 0.3 is 39.5 Å². The highest BCUT2D eigenvalue weighted by atomic mass is 31.2. The summed E-state index contributed by atoms with van der Waals surface area (Å²) in [6.45, 7) is 12.1. The summed E-state index contributed by atoms with van der Waals surface area (Å²) in [5, 5.41) is 10.7. The number of phosphoric ester groups is 2. The zero-order valence-corrected chi connectivity index (χ0v) is 68.9. The van der Waals surface area contributed by atoms with E-state index in [0.29, 0.717) is 25.7 Å². The Labute approximate surface area is 626 Å². The predicted octanol–water partition coefficient (Wildman–Crippen LogP) is 24.9. The van der Waals surface area contributed by atoms with Crippen molar-refractivity contribution >= 4 is 39.5 Å². The first kappa shape index (κ1) is 100. The van der Waals surface area contributed by atoms with Crippen molar-refractivity contribution in [3.63, 3.8) is 0 Å². The van der Waals surface area contributed by atoms with Crippen LogP contribution in [0.5, 0.6) is 0 Å². The topological polar surface area (TPSA) is 237 Å². The smallest absolute Gasteiger partial charge is 0.462 e. The Morgan fingerprint density at radius 1 is 0.284 bits per heavy atom. The molecule has 0 aliphatic rings. The van der Waals surface area contributed by atoms with Gasteiger partial charge < -0.3 is 33.8 Å². The third-order valence-corrected chi connectivity index (χ3v) is 22.0. The van der Waals surface area contributed by atoms with Gasteiger partial charge in [0.1, 0.15) is 19.3 Å². The second-order valence-corrected chi connectivity index (χ2v) is 33.7. The van der Waals surface area contributed by atoms with Crippen molar-refractivity contribution in [2.24, 2.45) is 17.8 Å². The summed E-state index contributed by atoms with van der Waals surface area (Å²) in [5.74, 6) is 0.348. The van der Waals surface area contributed by atoms with E-state index in [1.807, 2.05) is 0 Å². The van der Waals surface area contributed by atoms with E-state index in [2.05, 4.69) is 48.5 Å². The summed E-state index contributed by atoms with van der Waals surface area (Å²) < 4.78 is 68.8. The molecule has 606 valence electrons. The average molecular weight is 1490 g/mol. The molecule has 0 saturated carbocycles. The second kappa shape index (κ2) is 73.2. The van der Waals surface area contributed by atoms with Crippen LogP contribution in [0.2, 0.25) is 0 Å². The molecule has 0 aliphatic heterocycles. The Balaban J connectivity index is 5.23. The van der Waals surface area contributed by atoms with Crippen LogP contribution in [-0.4, -0.2) is 96.7 Å². The first-order chi connectivity index (χ1) is 49.3. The van der Waals surface area contributed by atoms with E-state index < -0.39 is 97.5 Å². The maximum atomic E-state index is 13.1. The van der Waals surface area contributed by atoms with Crippen LogP contribution >= 0.6 is 15.6 Å². The molecule has 102 heavy (non-hydrogen) atoms. The molecule has 0 bridgehead atoms. The van der Waals surface area contributed by atoms with Crippen molar-refractivity contribution in [3.8, 4) is 0 Å². The third-order valence-electron chi connectivity index (χ3n) is 20.1. The zero-order chi connectivity index (χ0) is 75.1. The van der Waals surface area contributed by atoms with Gasteiger partial charge in [-0.25, -0.2) is 9.13 Å². The molecule has 7 atom stereocenters. The first-order valence-corrected chi connectivity index (χ1v) is 45.9. The number of aliphatic hydroxyl groups excluding tert-OH is 1. The lowest BCUT2D eigenvalue weighted by molar-refractivity contribution is -0.161. The van der Waals surface area contributed by atoms with Gasteiger partial charge in [-0.3, -0.25) is 37.3 Å². The van der Waals surface area contributed by atoms with E-state index in [4.69, 9.17) is 37.0 Å². The Kier molecular flexibility index (Phi) is 71.8. The molecule has 0 fully saturated rings. The lowest BCUT2D eigenvalue weighted by atomic mass is 9.99. The monoisotopic (exact) mass is 1490 g/mol. The summed E-state index contributed by atoms with van der Waals surface area (Å²) in [6.07, 6.45) is 62.3. The normalized spacial score (nSPS) is 14.5. The van der Waals surface area contributed by atoms with Crippen LogP contribution in [0.25, 0.3) is 0 Å². The number of carbonyl (C=O) groups excluding carboxylic acids is 4. The Morgan fingerprint density at radius 2 is 0.500 bits per heavy atom. The number of phosphoric acid groups is 2. The number of ether oxygens (including phenoxy) is 4. The van der Waals surface area contributed by atoms with E-state index in [0.717, 1.165) is 108 Å². The number of esters is 4. The first-order valence-electron chi connectivity index (χ1n) is 42.9. The summed E-state index contributed by atoms with van der Waals surface area (Å²) in [6, 6.07) is 0. The number of unbranched alkanes of at least 4 members (excludes halogenated alkanes) is 47. The Hall–Kier alpha value is -1.94. The molecule has 17 nitrogen and oxygen atoms in total. The van der Waals surface area contributed by atoms with Crippen LogP contribution in [0.3, 0.4) is 0 Å². The van der Waals surface area contributed by atoms with E-state index in [9.17, 15) is 43.2 Å². The molecular weight excluding hydrogens is 1330 g/mol. The minimum Gasteiger partial charge on any atom is -0.462 e. The lowest BCUT2D eigenvalue weighted by Crippen LogP contribution is -2.30. The second-order valence-electron chi connectivity index (χ2n) is 30.8. The molecule has 0 heterocycles. The maximum absolute atomic E-state index is 13.1. The van der Waals surface area contributed by atoms with Gasteiger partial charge in [-0.2, -0.15) is 0 Å². The van der Waals surface area contributed by atoms with E-state index in [1.165, 1.54) is 244 Å². The molecule has 0 amide bonds. The SMILES string of the molecule is CCCCCCCCCCCCCC(=O)OC[C@H](COP(=O)(O)OC[C@H](O)COP(=O)(O)OC[C@@H](COC(=O)CCCCCCCCCCCCCCC(C)C)OC(=O)CCCCCCCCCCCCCCCCCCCCC(C)CC)OC(=O)CCCCCCCCCCCCC(C)CC. The van der Waals surface area contributed by atoms with Crippen molar-refractivity contribution in [1.29, 1.82) is 0 Å². The molecule has 3 N–H and O–H groups in total. The van der Waals surface area contributed by atoms with Crippen LogP contribution in [-0.2, 0) is 65.4 Å². The van der Waals surface area contributed by atoms with Gasteiger partial charge in [0.2, 0.25) is 0 Å². The molecule has 0 aromatic rings. The van der Waals surface area contributed by atoms with Gasteiger partial charge in [-0.1, -0.05) is 382 Å². The fraction of sp³-hybridized carbons (Fsp3) is 0.952. The molecule has 19 heteroatoms. The Morgan fingerprint density at radius 3 is 0.745 bits per heavy atom. The number of rotatable bonds is 81. The zero-order valence-electron chi connectivity index (χ0n) is 67.1. The van der Waals surface area contributed by atoms with E-state index in [1.54, 1.807) is 0 Å². The minimum atomic E-state index is -4.96. The largest absolute Gasteiger partial charge is 0.472 e. The maximum Gasteiger partial charge on any atom is 0.472 e. The van der Waals surface area contributed by atoms with Crippen molar-refractivity contribution in [3.05, 3.63) is 0 Å². The van der Waals surface area contributed by atoms with Gasteiger partial charge in [0, 0.05) is 25.7 Å².